The molecule has 81 heavy (non-hydrogen) atoms. The molecule has 0 saturated carbocycles. The summed E-state index contributed by atoms with van der Waals surface area (Å²) >= 11 is 0. The number of rotatable bonds is 12. The Morgan fingerprint density at radius 3 is 1.49 bits per heavy atom. The van der Waals surface area contributed by atoms with Gasteiger partial charge in [0.15, 0.2) is 0 Å². The van der Waals surface area contributed by atoms with Crippen molar-refractivity contribution in [2.75, 3.05) is 0 Å². The van der Waals surface area contributed by atoms with Gasteiger partial charge in [-0.3, -0.25) is 15.0 Å². The van der Waals surface area contributed by atoms with Crippen molar-refractivity contribution >= 4 is 55.0 Å². The first-order chi connectivity index (χ1) is 38.8. The Morgan fingerprint density at radius 1 is 0.444 bits per heavy atom. The van der Waals surface area contributed by atoms with Crippen LogP contribution in [0.5, 0.6) is 11.5 Å². The van der Waals surface area contributed by atoms with Crippen molar-refractivity contribution < 1.29 is 30.2 Å². The number of benzene rings is 8. The average molecular weight is 1240 g/mol. The SMILES string of the molecule is Cc1cc2nc3c(cc2c(C)n1)oc1c(-c2nc4ccccc4n2-c2c(C(C)C)cc(-c4ccccc4)cc2C(C)C)[c-]c(Oc2[c-]c(-c4nc5ccccc5n4-c4c(C(C)C)cc(-c5ccccc5)cc4C(C)C)ccc2)cc13.[Pt+2]. The van der Waals surface area contributed by atoms with Crippen LogP contribution in [0, 0.1) is 26.0 Å². The van der Waals surface area contributed by atoms with Crippen molar-refractivity contribution in [2.24, 2.45) is 0 Å². The fourth-order valence-electron chi connectivity index (χ4n) is 11.7. The van der Waals surface area contributed by atoms with E-state index in [0.717, 1.165) is 72.5 Å². The molecule has 0 unspecified atom stereocenters. The second-order valence-electron chi connectivity index (χ2n) is 22.5. The summed E-state index contributed by atoms with van der Waals surface area (Å²) in [4.78, 5) is 21.1. The molecular weight excluding hydrogens is 1180 g/mol. The number of fused-ring (bicyclic) bond motifs is 6. The number of aryl methyl sites for hydroxylation is 2. The molecule has 8 nitrogen and oxygen atoms in total. The molecule has 13 aromatic rings. The molecular formula is C72H62N6O2Pt. The Bertz CT molecular complexity index is 4490. The zero-order valence-electron chi connectivity index (χ0n) is 47.3. The van der Waals surface area contributed by atoms with Gasteiger partial charge in [0, 0.05) is 39.6 Å². The summed E-state index contributed by atoms with van der Waals surface area (Å²) in [5.41, 5.74) is 21.7. The monoisotopic (exact) mass is 1240 g/mol. The number of imidazole rings is 2. The van der Waals surface area contributed by atoms with Gasteiger partial charge in [0.1, 0.15) is 5.58 Å². The van der Waals surface area contributed by atoms with Crippen LogP contribution in [0.25, 0.3) is 111 Å². The van der Waals surface area contributed by atoms with Crippen LogP contribution in [0.1, 0.15) is 113 Å². The van der Waals surface area contributed by atoms with Crippen molar-refractivity contribution in [3.63, 3.8) is 0 Å². The van der Waals surface area contributed by atoms with E-state index in [2.05, 4.69) is 216 Å². The van der Waals surface area contributed by atoms with Crippen molar-refractivity contribution in [3.05, 3.63) is 216 Å². The van der Waals surface area contributed by atoms with Gasteiger partial charge in [-0.25, -0.2) is 4.98 Å². The molecule has 0 bridgehead atoms. The number of furan rings is 1. The van der Waals surface area contributed by atoms with Crippen LogP contribution in [0.2, 0.25) is 0 Å². The maximum Gasteiger partial charge on any atom is 2.00 e. The molecule has 0 radical (unpaired) electrons. The minimum atomic E-state index is 0. The van der Waals surface area contributed by atoms with E-state index in [1.54, 1.807) is 0 Å². The molecule has 5 heterocycles. The van der Waals surface area contributed by atoms with Crippen LogP contribution in [0.15, 0.2) is 174 Å². The van der Waals surface area contributed by atoms with E-state index in [4.69, 9.17) is 29.1 Å². The normalized spacial score (nSPS) is 11.9. The number of aromatic nitrogens is 6. The standard InChI is InChI=1S/C72H62N6O2.Pt/c1-41(2)54-34-50(47-22-13-11-14-23-47)35-55(42(3)4)68(54)77-64-30-19-17-28-61(64)75-71(77)49-26-21-27-52(33-49)79-53-38-59-67-66(40-58-46(10)73-45(9)32-63(58)74-67)80-70(59)60(39-53)72-76-62-29-18-20-31-65(62)78(72)69-56(43(5)6)36-51(37-57(69)44(7)8)48-24-15-12-16-25-48;/h11-32,34-38,40-44H,1-10H3;/q-2;+2. The number of ether oxygens (including phenoxy) is 1. The number of para-hydroxylation sites is 4. The summed E-state index contributed by atoms with van der Waals surface area (Å²) < 4.78 is 18.8. The third-order valence-electron chi connectivity index (χ3n) is 15.6. The first-order valence-corrected chi connectivity index (χ1v) is 28.0. The summed E-state index contributed by atoms with van der Waals surface area (Å²) in [6, 6.07) is 67.2. The molecule has 0 spiro atoms. The van der Waals surface area contributed by atoms with E-state index in [0.29, 0.717) is 39.6 Å². The van der Waals surface area contributed by atoms with E-state index in [1.807, 2.05) is 44.2 Å². The molecule has 5 aromatic heterocycles. The first-order valence-electron chi connectivity index (χ1n) is 28.0. The van der Waals surface area contributed by atoms with Gasteiger partial charge in [-0.1, -0.05) is 164 Å². The van der Waals surface area contributed by atoms with Crippen LogP contribution in [0.4, 0.5) is 0 Å². The van der Waals surface area contributed by atoms with Crippen LogP contribution in [-0.4, -0.2) is 29.1 Å². The van der Waals surface area contributed by atoms with Crippen molar-refractivity contribution in [1.82, 2.24) is 29.1 Å². The molecule has 402 valence electrons. The number of nitrogens with zero attached hydrogens (tertiary/aromatic N) is 6. The predicted molar refractivity (Wildman–Crippen MR) is 328 cm³/mol. The van der Waals surface area contributed by atoms with E-state index in [-0.39, 0.29) is 44.7 Å². The number of hydrogen-bond donors (Lipinski definition) is 0. The van der Waals surface area contributed by atoms with Gasteiger partial charge in [-0.15, -0.1) is 23.8 Å². The molecule has 0 atom stereocenters. The summed E-state index contributed by atoms with van der Waals surface area (Å²) in [6.45, 7) is 22.2. The minimum absolute atomic E-state index is 0. The molecule has 0 saturated heterocycles. The molecule has 9 heteroatoms. The molecule has 0 fully saturated rings. The van der Waals surface area contributed by atoms with Crippen molar-refractivity contribution in [1.29, 1.82) is 0 Å². The van der Waals surface area contributed by atoms with Gasteiger partial charge in [-0.05, 0) is 148 Å². The Morgan fingerprint density at radius 2 is 0.951 bits per heavy atom. The zero-order valence-corrected chi connectivity index (χ0v) is 49.6. The van der Waals surface area contributed by atoms with E-state index >= 15 is 0 Å². The van der Waals surface area contributed by atoms with Gasteiger partial charge in [-0.2, -0.15) is 0 Å². The second kappa shape index (κ2) is 21.2. The van der Waals surface area contributed by atoms with Crippen LogP contribution in [-0.2, 0) is 21.1 Å². The van der Waals surface area contributed by atoms with Gasteiger partial charge in [0.2, 0.25) is 0 Å². The molecule has 0 aliphatic carbocycles. The van der Waals surface area contributed by atoms with Gasteiger partial charge >= 0.3 is 21.1 Å². The maximum atomic E-state index is 7.11. The van der Waals surface area contributed by atoms with Crippen LogP contribution < -0.4 is 4.74 Å². The van der Waals surface area contributed by atoms with Crippen LogP contribution >= 0.6 is 0 Å². The topological polar surface area (TPSA) is 83.8 Å². The Hall–Kier alpha value is -8.45. The number of hydrogen-bond acceptors (Lipinski definition) is 6. The zero-order chi connectivity index (χ0) is 55.1. The van der Waals surface area contributed by atoms with Gasteiger partial charge < -0.3 is 18.3 Å². The molecule has 0 aliphatic rings. The largest absolute Gasteiger partial charge is 2.00 e. The second-order valence-corrected chi connectivity index (χ2v) is 22.5. The van der Waals surface area contributed by atoms with Gasteiger partial charge in [0.05, 0.1) is 50.3 Å². The van der Waals surface area contributed by atoms with Gasteiger partial charge in [0.25, 0.3) is 0 Å². The first kappa shape index (κ1) is 53.2. The molecule has 0 aliphatic heterocycles. The van der Waals surface area contributed by atoms with E-state index < -0.39 is 0 Å². The number of pyridine rings is 2. The Labute approximate surface area is 487 Å². The minimum Gasteiger partial charge on any atom is -0.499 e. The summed E-state index contributed by atoms with van der Waals surface area (Å²) in [5, 5.41) is 1.71. The Balaban J connectivity index is 0.00000651. The predicted octanol–water partition coefficient (Wildman–Crippen LogP) is 19.4. The molecule has 0 amide bonds. The molecule has 8 aromatic carbocycles. The maximum absolute atomic E-state index is 7.11. The Kier molecular flexibility index (Phi) is 13.9. The van der Waals surface area contributed by atoms with E-state index in [1.165, 1.54) is 44.5 Å². The summed E-state index contributed by atoms with van der Waals surface area (Å²) in [5.74, 6) is 3.19. The van der Waals surface area contributed by atoms with Crippen molar-refractivity contribution in [3.8, 4) is 67.9 Å². The quantitative estimate of drug-likeness (QED) is 0.113. The van der Waals surface area contributed by atoms with E-state index in [9.17, 15) is 0 Å². The molecule has 0 N–H and O–H groups in total. The fourth-order valence-corrected chi connectivity index (χ4v) is 11.7. The van der Waals surface area contributed by atoms with Crippen LogP contribution in [0.3, 0.4) is 0 Å². The smallest absolute Gasteiger partial charge is 0.499 e. The third-order valence-corrected chi connectivity index (χ3v) is 15.6. The summed E-state index contributed by atoms with van der Waals surface area (Å²) in [7, 11) is 0. The fraction of sp³-hybridized carbons (Fsp3) is 0.194. The van der Waals surface area contributed by atoms with Crippen molar-refractivity contribution in [2.45, 2.75) is 92.9 Å². The summed E-state index contributed by atoms with van der Waals surface area (Å²) in [6.07, 6.45) is 0. The molecule has 13 rings (SSSR count). The average Bonchev–Trinajstić information content (AvgIpc) is 4.30. The third kappa shape index (κ3) is 9.43.